The summed E-state index contributed by atoms with van der Waals surface area (Å²) in [4.78, 5) is 44.6. The number of likely N-dealkylation sites (tertiary alicyclic amines) is 1. The minimum absolute atomic E-state index is 0.0290. The Bertz CT molecular complexity index is 855. The van der Waals surface area contributed by atoms with Crippen LogP contribution < -0.4 is 0 Å². The van der Waals surface area contributed by atoms with Crippen molar-refractivity contribution in [3.05, 3.63) is 25.3 Å². The Labute approximate surface area is 208 Å². The lowest BCUT2D eigenvalue weighted by atomic mass is 9.66. The molecule has 35 heavy (non-hydrogen) atoms. The van der Waals surface area contributed by atoms with Crippen LogP contribution in [0, 0.1) is 11.8 Å². The Morgan fingerprint density at radius 3 is 2.63 bits per heavy atom. The first-order chi connectivity index (χ1) is 16.8. The number of aliphatic hydroxyl groups is 1. The lowest BCUT2D eigenvalue weighted by Gasteiger charge is -2.40. The van der Waals surface area contributed by atoms with Gasteiger partial charge in [0.1, 0.15) is 17.6 Å². The van der Waals surface area contributed by atoms with E-state index in [1.54, 1.807) is 12.2 Å². The molecule has 2 bridgehead atoms. The number of allylic oxidation sites excluding steroid dienone is 1. The molecular formula is C27H40N2O6. The normalized spacial score (nSPS) is 34.1. The zero-order valence-corrected chi connectivity index (χ0v) is 21.0. The van der Waals surface area contributed by atoms with Gasteiger partial charge in [0, 0.05) is 19.1 Å². The topological polar surface area (TPSA) is 96.4 Å². The maximum atomic E-state index is 14.2. The van der Waals surface area contributed by atoms with Crippen LogP contribution >= 0.6 is 0 Å². The van der Waals surface area contributed by atoms with E-state index >= 15 is 0 Å². The van der Waals surface area contributed by atoms with Crippen molar-refractivity contribution in [3.63, 3.8) is 0 Å². The molecular weight excluding hydrogens is 448 g/mol. The third-order valence-electron chi connectivity index (χ3n) is 8.53. The van der Waals surface area contributed by atoms with Crippen molar-refractivity contribution in [2.75, 3.05) is 26.3 Å². The van der Waals surface area contributed by atoms with Crippen LogP contribution in [-0.2, 0) is 23.9 Å². The third kappa shape index (κ3) is 4.33. The van der Waals surface area contributed by atoms with E-state index in [1.165, 1.54) is 4.90 Å². The van der Waals surface area contributed by atoms with Gasteiger partial charge in [-0.2, -0.15) is 0 Å². The van der Waals surface area contributed by atoms with E-state index in [-0.39, 0.29) is 37.6 Å². The molecule has 0 aromatic carbocycles. The summed E-state index contributed by atoms with van der Waals surface area (Å²) in [7, 11) is 0. The highest BCUT2D eigenvalue weighted by atomic mass is 16.6. The number of ether oxygens (including phenoxy) is 2. The van der Waals surface area contributed by atoms with Gasteiger partial charge < -0.3 is 24.4 Å². The Morgan fingerprint density at radius 2 is 1.97 bits per heavy atom. The molecule has 2 unspecified atom stereocenters. The van der Waals surface area contributed by atoms with Crippen molar-refractivity contribution < 1.29 is 29.0 Å². The van der Waals surface area contributed by atoms with Crippen LogP contribution in [0.15, 0.2) is 25.3 Å². The number of carbonyl (C=O) groups is 3. The molecule has 1 N–H and O–H groups in total. The van der Waals surface area contributed by atoms with Gasteiger partial charge in [0.25, 0.3) is 0 Å². The summed E-state index contributed by atoms with van der Waals surface area (Å²) in [5, 5.41) is 9.78. The zero-order valence-electron chi connectivity index (χ0n) is 21.0. The number of fused-ring (bicyclic) bond motifs is 1. The number of rotatable bonds is 11. The van der Waals surface area contributed by atoms with E-state index in [1.807, 2.05) is 11.8 Å². The van der Waals surface area contributed by atoms with Gasteiger partial charge in [-0.05, 0) is 45.4 Å². The molecule has 1 aliphatic carbocycles. The SMILES string of the molecule is C=CCCCOC(=O)[C@H]1[C@H]2C(=O)N(CCO)C(C(=O)N(CC=C)C3CCCCC3)C23CC[C@]1(C)O3. The van der Waals surface area contributed by atoms with Gasteiger partial charge in [0.2, 0.25) is 11.8 Å². The molecule has 0 radical (unpaired) electrons. The van der Waals surface area contributed by atoms with Crippen molar-refractivity contribution in [2.24, 2.45) is 11.8 Å². The number of carbonyl (C=O) groups excluding carboxylic acids is 3. The number of esters is 1. The predicted molar refractivity (Wildman–Crippen MR) is 130 cm³/mol. The van der Waals surface area contributed by atoms with Gasteiger partial charge in [-0.1, -0.05) is 31.4 Å². The maximum Gasteiger partial charge on any atom is 0.312 e. The Morgan fingerprint density at radius 1 is 1.23 bits per heavy atom. The number of hydrogen-bond acceptors (Lipinski definition) is 6. The van der Waals surface area contributed by atoms with Crippen molar-refractivity contribution >= 4 is 17.8 Å². The van der Waals surface area contributed by atoms with Crippen molar-refractivity contribution in [1.82, 2.24) is 9.80 Å². The standard InChI is InChI=1S/C27H40N2O6/c1-4-6-10-18-34-25(33)21-20-23(31)29(16-17-30)22(27(20)14-13-26(21,3)35-27)24(32)28(15-5-2)19-11-8-7-9-12-19/h4-5,19-22,30H,1-2,6-18H2,3H3/t20-,21+,22?,26-,27?/m0/s1. The van der Waals surface area contributed by atoms with Crippen LogP contribution in [0.3, 0.4) is 0 Å². The fourth-order valence-electron chi connectivity index (χ4n) is 7.01. The molecule has 1 saturated carbocycles. The summed E-state index contributed by atoms with van der Waals surface area (Å²) in [6.07, 6.45) is 11.1. The lowest BCUT2D eigenvalue weighted by molar-refractivity contribution is -0.161. The summed E-state index contributed by atoms with van der Waals surface area (Å²) in [5.41, 5.74) is -1.94. The van der Waals surface area contributed by atoms with Gasteiger partial charge in [-0.25, -0.2) is 0 Å². The second-order valence-electron chi connectivity index (χ2n) is 10.7. The molecule has 3 aliphatic heterocycles. The van der Waals surface area contributed by atoms with Gasteiger partial charge in [-0.15, -0.1) is 13.2 Å². The molecule has 4 rings (SSSR count). The highest BCUT2D eigenvalue weighted by Gasteiger charge is 2.78. The van der Waals surface area contributed by atoms with Gasteiger partial charge in [-0.3, -0.25) is 14.4 Å². The summed E-state index contributed by atoms with van der Waals surface area (Å²) in [6.45, 7) is 9.83. The van der Waals surface area contributed by atoms with Crippen LogP contribution in [0.25, 0.3) is 0 Å². The molecule has 5 atom stereocenters. The summed E-state index contributed by atoms with van der Waals surface area (Å²) in [6, 6.07) is -0.773. The van der Waals surface area contributed by atoms with E-state index < -0.39 is 35.0 Å². The second kappa shape index (κ2) is 10.4. The monoisotopic (exact) mass is 488 g/mol. The number of aliphatic hydroxyl groups excluding tert-OH is 1. The van der Waals surface area contributed by atoms with Gasteiger partial charge >= 0.3 is 5.97 Å². The van der Waals surface area contributed by atoms with Gasteiger partial charge in [0.15, 0.2) is 0 Å². The summed E-state index contributed by atoms with van der Waals surface area (Å²) < 4.78 is 12.2. The fourth-order valence-corrected chi connectivity index (χ4v) is 7.01. The largest absolute Gasteiger partial charge is 0.465 e. The van der Waals surface area contributed by atoms with Gasteiger partial charge in [0.05, 0.1) is 24.7 Å². The Kier molecular flexibility index (Phi) is 7.71. The maximum absolute atomic E-state index is 14.2. The van der Waals surface area contributed by atoms with Crippen molar-refractivity contribution in [1.29, 1.82) is 0 Å². The summed E-state index contributed by atoms with van der Waals surface area (Å²) in [5.74, 6) is -2.45. The van der Waals surface area contributed by atoms with E-state index in [2.05, 4.69) is 13.2 Å². The molecule has 1 spiro atoms. The second-order valence-corrected chi connectivity index (χ2v) is 10.7. The first-order valence-corrected chi connectivity index (χ1v) is 13.1. The fraction of sp³-hybridized carbons (Fsp3) is 0.741. The third-order valence-corrected chi connectivity index (χ3v) is 8.53. The van der Waals surface area contributed by atoms with Crippen LogP contribution in [0.1, 0.15) is 64.7 Å². The molecule has 8 heteroatoms. The number of β-amino-alcohol motifs (C(OH)–C–C–N with tert-alkyl or cyclic N) is 1. The zero-order chi connectivity index (χ0) is 25.2. The highest BCUT2D eigenvalue weighted by molar-refractivity contribution is 5.98. The first kappa shape index (κ1) is 25.9. The highest BCUT2D eigenvalue weighted by Crippen LogP contribution is 2.63. The van der Waals surface area contributed by atoms with E-state index in [9.17, 15) is 19.5 Å². The van der Waals surface area contributed by atoms with E-state index in [0.29, 0.717) is 25.8 Å². The predicted octanol–water partition coefficient (Wildman–Crippen LogP) is 2.60. The average molecular weight is 489 g/mol. The number of unbranched alkanes of at least 4 members (excludes halogenated alkanes) is 1. The number of nitrogens with zero attached hydrogens (tertiary/aromatic N) is 2. The lowest BCUT2D eigenvalue weighted by Crippen LogP contribution is -2.58. The van der Waals surface area contributed by atoms with Crippen LogP contribution in [0.4, 0.5) is 0 Å². The van der Waals surface area contributed by atoms with E-state index in [4.69, 9.17) is 9.47 Å². The molecule has 0 aromatic rings. The first-order valence-electron chi connectivity index (χ1n) is 13.1. The van der Waals surface area contributed by atoms with Crippen LogP contribution in [0.2, 0.25) is 0 Å². The molecule has 3 heterocycles. The number of amides is 2. The smallest absolute Gasteiger partial charge is 0.312 e. The van der Waals surface area contributed by atoms with Crippen LogP contribution in [0.5, 0.6) is 0 Å². The van der Waals surface area contributed by atoms with Crippen molar-refractivity contribution in [2.45, 2.75) is 88.0 Å². The molecule has 194 valence electrons. The number of hydrogen-bond donors (Lipinski definition) is 1. The molecule has 4 aliphatic rings. The molecule has 4 fully saturated rings. The molecule has 3 saturated heterocycles. The van der Waals surface area contributed by atoms with E-state index in [0.717, 1.165) is 38.5 Å². The summed E-state index contributed by atoms with van der Waals surface area (Å²) >= 11 is 0. The minimum atomic E-state index is -1.09. The Hall–Kier alpha value is -2.19. The quantitative estimate of drug-likeness (QED) is 0.273. The molecule has 2 amide bonds. The van der Waals surface area contributed by atoms with Crippen LogP contribution in [-0.4, -0.2) is 82.3 Å². The minimum Gasteiger partial charge on any atom is -0.465 e. The molecule has 8 nitrogen and oxygen atoms in total. The van der Waals surface area contributed by atoms with Crippen molar-refractivity contribution in [3.8, 4) is 0 Å². The molecule has 0 aromatic heterocycles. The Balaban J connectivity index is 1.66. The average Bonchev–Trinajstić information content (AvgIpc) is 3.41.